The van der Waals surface area contributed by atoms with Crippen molar-refractivity contribution in [3.05, 3.63) is 22.2 Å². The van der Waals surface area contributed by atoms with Gasteiger partial charge in [-0.25, -0.2) is 0 Å². The molecule has 0 unspecified atom stereocenters. The molecule has 0 fully saturated rings. The quantitative estimate of drug-likeness (QED) is 0.787. The van der Waals surface area contributed by atoms with E-state index in [9.17, 15) is 4.79 Å². The monoisotopic (exact) mass is 248 g/mol. The summed E-state index contributed by atoms with van der Waals surface area (Å²) in [4.78, 5) is 12.0. The van der Waals surface area contributed by atoms with Crippen LogP contribution in [-0.4, -0.2) is 15.7 Å². The summed E-state index contributed by atoms with van der Waals surface area (Å²) in [7, 11) is 1.88. The number of rotatable bonds is 1. The topological polar surface area (TPSA) is 86.9 Å². The fraction of sp³-hybridized carbons (Fsp3) is 0.273. The Balaban J connectivity index is 2.33. The lowest BCUT2D eigenvalue weighted by Crippen LogP contribution is -2.13. The van der Waals surface area contributed by atoms with E-state index in [1.807, 2.05) is 13.2 Å². The molecule has 0 aromatic carbocycles. The summed E-state index contributed by atoms with van der Waals surface area (Å²) in [6.45, 7) is 0. The van der Waals surface area contributed by atoms with Crippen LogP contribution in [0.3, 0.4) is 0 Å². The van der Waals surface area contributed by atoms with Crippen molar-refractivity contribution < 1.29 is 4.79 Å². The average Bonchev–Trinajstić information content (AvgIpc) is 2.81. The first-order chi connectivity index (χ1) is 8.09. The van der Waals surface area contributed by atoms with Gasteiger partial charge >= 0.3 is 0 Å². The Morgan fingerprint density at radius 1 is 1.53 bits per heavy atom. The number of aryl methyl sites for hydroxylation is 2. The number of carbonyl (C=O) groups is 1. The normalized spacial score (nSPS) is 13.2. The van der Waals surface area contributed by atoms with Crippen LogP contribution in [0, 0.1) is 0 Å². The number of anilines is 1. The van der Waals surface area contributed by atoms with Gasteiger partial charge < -0.3 is 11.5 Å². The van der Waals surface area contributed by atoms with Gasteiger partial charge in [-0.15, -0.1) is 11.3 Å². The lowest BCUT2D eigenvalue weighted by Gasteiger charge is -2.14. The summed E-state index contributed by atoms with van der Waals surface area (Å²) in [5.41, 5.74) is 15.5. The van der Waals surface area contributed by atoms with E-state index in [2.05, 4.69) is 5.10 Å². The molecule has 1 amide bonds. The van der Waals surface area contributed by atoms with Gasteiger partial charge in [0.2, 0.25) is 0 Å². The lowest BCUT2D eigenvalue weighted by atomic mass is 9.91. The highest BCUT2D eigenvalue weighted by atomic mass is 32.1. The predicted molar refractivity (Wildman–Crippen MR) is 66.9 cm³/mol. The van der Waals surface area contributed by atoms with E-state index >= 15 is 0 Å². The van der Waals surface area contributed by atoms with Gasteiger partial charge in [0.1, 0.15) is 0 Å². The first-order valence-electron chi connectivity index (χ1n) is 5.31. The van der Waals surface area contributed by atoms with E-state index in [4.69, 9.17) is 11.5 Å². The molecule has 0 atom stereocenters. The van der Waals surface area contributed by atoms with Crippen molar-refractivity contribution in [3.63, 3.8) is 0 Å². The minimum Gasteiger partial charge on any atom is -0.390 e. The number of nitrogens with two attached hydrogens (primary N) is 2. The van der Waals surface area contributed by atoms with Gasteiger partial charge in [0.05, 0.1) is 21.8 Å². The number of amides is 1. The molecule has 17 heavy (non-hydrogen) atoms. The van der Waals surface area contributed by atoms with Crippen LogP contribution in [0.2, 0.25) is 0 Å². The van der Waals surface area contributed by atoms with Gasteiger partial charge in [-0.3, -0.25) is 9.48 Å². The summed E-state index contributed by atoms with van der Waals surface area (Å²) in [5.74, 6) is -0.395. The molecule has 88 valence electrons. The number of carbonyl (C=O) groups excluding carboxylic acids is 1. The molecule has 1 aliphatic rings. The van der Waals surface area contributed by atoms with Crippen LogP contribution in [0.5, 0.6) is 0 Å². The molecule has 2 heterocycles. The van der Waals surface area contributed by atoms with E-state index in [0.717, 1.165) is 29.7 Å². The minimum absolute atomic E-state index is 0.395. The first-order valence-corrected chi connectivity index (χ1v) is 6.13. The molecule has 0 aliphatic heterocycles. The number of nitrogens with zero attached hydrogens (tertiary/aromatic N) is 2. The Bertz CT molecular complexity index is 626. The van der Waals surface area contributed by atoms with Crippen LogP contribution in [-0.2, 0) is 19.9 Å². The molecule has 4 N–H and O–H groups in total. The van der Waals surface area contributed by atoms with Crippen molar-refractivity contribution in [2.24, 2.45) is 12.8 Å². The van der Waals surface area contributed by atoms with E-state index in [1.165, 1.54) is 16.9 Å². The van der Waals surface area contributed by atoms with Gasteiger partial charge in [-0.2, -0.15) is 5.10 Å². The second-order valence-corrected chi connectivity index (χ2v) is 5.21. The molecule has 5 nitrogen and oxygen atoms in total. The smallest absolute Gasteiger partial charge is 0.259 e. The van der Waals surface area contributed by atoms with Gasteiger partial charge in [-0.05, 0) is 24.0 Å². The number of nitrogen functional groups attached to an aromatic ring is 1. The Hall–Kier alpha value is -1.82. The van der Waals surface area contributed by atoms with Crippen LogP contribution in [0.4, 0.5) is 5.00 Å². The Morgan fingerprint density at radius 3 is 3.00 bits per heavy atom. The van der Waals surface area contributed by atoms with Crippen molar-refractivity contribution in [3.8, 4) is 11.3 Å². The minimum atomic E-state index is -0.395. The Morgan fingerprint density at radius 2 is 2.29 bits per heavy atom. The fourth-order valence-corrected chi connectivity index (χ4v) is 3.40. The average molecular weight is 248 g/mol. The molecule has 0 bridgehead atoms. The maximum atomic E-state index is 11.4. The van der Waals surface area contributed by atoms with Crippen LogP contribution in [0.15, 0.2) is 6.20 Å². The lowest BCUT2D eigenvalue weighted by molar-refractivity contribution is 0.100. The molecule has 1 aliphatic carbocycles. The molecule has 2 aromatic rings. The highest BCUT2D eigenvalue weighted by Crippen LogP contribution is 2.43. The molecular formula is C11H12N4OS. The SMILES string of the molecule is Cn1ncc2c1-c1c(N)sc(C(N)=O)c1CC2. The maximum Gasteiger partial charge on any atom is 0.259 e. The van der Waals surface area contributed by atoms with Crippen LogP contribution < -0.4 is 11.5 Å². The third-order valence-electron chi connectivity index (χ3n) is 3.15. The molecule has 2 aromatic heterocycles. The van der Waals surface area contributed by atoms with Crippen molar-refractivity contribution >= 4 is 22.2 Å². The second kappa shape index (κ2) is 3.33. The Labute approximate surface area is 102 Å². The second-order valence-electron chi connectivity index (χ2n) is 4.16. The highest BCUT2D eigenvalue weighted by Gasteiger charge is 2.28. The predicted octanol–water partition coefficient (Wildman–Crippen LogP) is 0.928. The van der Waals surface area contributed by atoms with Crippen LogP contribution in [0.25, 0.3) is 11.3 Å². The third kappa shape index (κ3) is 1.30. The molecule has 6 heteroatoms. The van der Waals surface area contributed by atoms with Crippen molar-refractivity contribution in [2.45, 2.75) is 12.8 Å². The number of aromatic nitrogens is 2. The van der Waals surface area contributed by atoms with Crippen molar-refractivity contribution in [1.82, 2.24) is 9.78 Å². The maximum absolute atomic E-state index is 11.4. The Kier molecular flexibility index (Phi) is 2.03. The van der Waals surface area contributed by atoms with Crippen LogP contribution >= 0.6 is 11.3 Å². The van der Waals surface area contributed by atoms with Gasteiger partial charge in [0.15, 0.2) is 0 Å². The van der Waals surface area contributed by atoms with E-state index in [1.54, 1.807) is 4.68 Å². The number of hydrogen-bond donors (Lipinski definition) is 2. The third-order valence-corrected chi connectivity index (χ3v) is 4.23. The van der Waals surface area contributed by atoms with Crippen molar-refractivity contribution in [2.75, 3.05) is 5.73 Å². The zero-order chi connectivity index (χ0) is 12.2. The molecule has 0 spiro atoms. The standard InChI is InChI=1S/C11H12N4OS/c1-15-8-5(4-14-15)2-3-6-7(8)11(13)17-9(6)10(12)16/h4H,2-3,13H2,1H3,(H2,12,16). The zero-order valence-electron chi connectivity index (χ0n) is 9.36. The summed E-state index contributed by atoms with van der Waals surface area (Å²) in [6.07, 6.45) is 3.55. The van der Waals surface area contributed by atoms with E-state index in [-0.39, 0.29) is 0 Å². The van der Waals surface area contributed by atoms with E-state index in [0.29, 0.717) is 9.88 Å². The molecule has 0 saturated heterocycles. The summed E-state index contributed by atoms with van der Waals surface area (Å²) in [5, 5.41) is 4.89. The number of primary amides is 1. The fourth-order valence-electron chi connectivity index (χ4n) is 2.43. The van der Waals surface area contributed by atoms with Gasteiger partial charge in [0, 0.05) is 12.6 Å². The highest BCUT2D eigenvalue weighted by molar-refractivity contribution is 7.18. The summed E-state index contributed by atoms with van der Waals surface area (Å²) < 4.78 is 1.81. The van der Waals surface area contributed by atoms with E-state index < -0.39 is 5.91 Å². The number of thiophene rings is 1. The largest absolute Gasteiger partial charge is 0.390 e. The van der Waals surface area contributed by atoms with Crippen LogP contribution in [0.1, 0.15) is 20.8 Å². The zero-order valence-corrected chi connectivity index (χ0v) is 10.2. The van der Waals surface area contributed by atoms with Gasteiger partial charge in [0.25, 0.3) is 5.91 Å². The van der Waals surface area contributed by atoms with Gasteiger partial charge in [-0.1, -0.05) is 0 Å². The molecule has 0 radical (unpaired) electrons. The first kappa shape index (κ1) is 10.3. The summed E-state index contributed by atoms with van der Waals surface area (Å²) >= 11 is 1.28. The molecule has 0 saturated carbocycles. The number of hydrogen-bond acceptors (Lipinski definition) is 4. The van der Waals surface area contributed by atoms with Crippen molar-refractivity contribution in [1.29, 1.82) is 0 Å². The number of fused-ring (bicyclic) bond motifs is 3. The summed E-state index contributed by atoms with van der Waals surface area (Å²) in [6, 6.07) is 0. The molecule has 3 rings (SSSR count). The molecular weight excluding hydrogens is 236 g/mol.